The Morgan fingerprint density at radius 2 is 1.82 bits per heavy atom. The summed E-state index contributed by atoms with van der Waals surface area (Å²) >= 11 is 8.09. The van der Waals surface area contributed by atoms with Crippen LogP contribution in [-0.2, 0) is 0 Å². The number of halogens is 1. The molecule has 5 rings (SSSR count). The second-order valence-corrected chi connectivity index (χ2v) is 10.3. The van der Waals surface area contributed by atoms with Gasteiger partial charge in [-0.15, -0.1) is 11.3 Å². The number of anilines is 1. The third kappa shape index (κ3) is 5.14. The third-order valence-corrected chi connectivity index (χ3v) is 7.82. The van der Waals surface area contributed by atoms with E-state index in [1.54, 1.807) is 11.3 Å². The fraction of sp³-hybridized carbons (Fsp3) is 0.296. The first kappa shape index (κ1) is 23.0. The summed E-state index contributed by atoms with van der Waals surface area (Å²) in [7, 11) is 2.19. The summed E-state index contributed by atoms with van der Waals surface area (Å²) in [5.74, 6) is 1.09. The van der Waals surface area contributed by atoms with Crippen LogP contribution in [0.2, 0.25) is 5.02 Å². The van der Waals surface area contributed by atoms with E-state index < -0.39 is 0 Å². The molecule has 1 saturated heterocycles. The minimum atomic E-state index is 0.0973. The number of hydrogen-bond donors (Lipinski definition) is 1. The highest BCUT2D eigenvalue weighted by Gasteiger charge is 2.25. The minimum Gasteiger partial charge on any atom is -0.348 e. The second kappa shape index (κ2) is 10.2. The number of thiazole rings is 1. The van der Waals surface area contributed by atoms with E-state index in [0.29, 0.717) is 16.9 Å². The molecule has 0 unspecified atom stereocenters. The first-order valence-corrected chi connectivity index (χ1v) is 12.9. The van der Waals surface area contributed by atoms with Gasteiger partial charge in [-0.25, -0.2) is 15.0 Å². The van der Waals surface area contributed by atoms with Gasteiger partial charge in [0.1, 0.15) is 0 Å². The molecule has 1 atom stereocenters. The summed E-state index contributed by atoms with van der Waals surface area (Å²) in [5, 5.41) is 5.34. The van der Waals surface area contributed by atoms with Crippen LogP contribution in [0.1, 0.15) is 42.3 Å². The smallest absolute Gasteiger partial charge is 0.223 e. The molecular weight excluding hydrogens is 462 g/mol. The Labute approximate surface area is 209 Å². The van der Waals surface area contributed by atoms with Crippen molar-refractivity contribution in [2.24, 2.45) is 0 Å². The first-order chi connectivity index (χ1) is 16.6. The third-order valence-electron chi connectivity index (χ3n) is 6.34. The van der Waals surface area contributed by atoms with E-state index in [0.717, 1.165) is 47.8 Å². The molecule has 2 aromatic carbocycles. The van der Waals surface area contributed by atoms with E-state index in [-0.39, 0.29) is 6.04 Å². The van der Waals surface area contributed by atoms with Crippen LogP contribution in [0.3, 0.4) is 0 Å². The van der Waals surface area contributed by atoms with Crippen LogP contribution in [0.25, 0.3) is 21.8 Å². The monoisotopic (exact) mass is 489 g/mol. The molecule has 1 aliphatic rings. The zero-order valence-corrected chi connectivity index (χ0v) is 21.0. The quantitative estimate of drug-likeness (QED) is 0.319. The van der Waals surface area contributed by atoms with E-state index in [1.165, 1.54) is 10.6 Å². The lowest BCUT2D eigenvalue weighted by Crippen LogP contribution is -2.29. The number of aromatic nitrogens is 3. The highest BCUT2D eigenvalue weighted by Crippen LogP contribution is 2.41. The fourth-order valence-corrected chi connectivity index (χ4v) is 5.76. The fourth-order valence-electron chi connectivity index (χ4n) is 4.35. The predicted molar refractivity (Wildman–Crippen MR) is 142 cm³/mol. The Kier molecular flexibility index (Phi) is 6.90. The summed E-state index contributed by atoms with van der Waals surface area (Å²) < 4.78 is 0. The molecule has 1 aliphatic heterocycles. The van der Waals surface area contributed by atoms with Crippen molar-refractivity contribution in [2.45, 2.75) is 31.7 Å². The second-order valence-electron chi connectivity index (χ2n) is 8.86. The summed E-state index contributed by atoms with van der Waals surface area (Å²) in [5.41, 5.74) is 4.04. The number of benzene rings is 2. The van der Waals surface area contributed by atoms with Crippen molar-refractivity contribution in [3.63, 3.8) is 0 Å². The highest BCUT2D eigenvalue weighted by molar-refractivity contribution is 7.15. The summed E-state index contributed by atoms with van der Waals surface area (Å²) in [6, 6.07) is 20.3. The Morgan fingerprint density at radius 3 is 2.59 bits per heavy atom. The topological polar surface area (TPSA) is 53.9 Å². The van der Waals surface area contributed by atoms with Gasteiger partial charge in [0.2, 0.25) is 5.95 Å². The van der Waals surface area contributed by atoms with Gasteiger partial charge >= 0.3 is 0 Å². The van der Waals surface area contributed by atoms with E-state index in [1.807, 2.05) is 48.7 Å². The number of nitrogens with one attached hydrogen (secondary N) is 1. The molecule has 3 heterocycles. The van der Waals surface area contributed by atoms with Gasteiger partial charge in [0.15, 0.2) is 0 Å². The number of nitrogens with zero attached hydrogens (tertiary/aromatic N) is 4. The molecule has 174 valence electrons. The van der Waals surface area contributed by atoms with Gasteiger partial charge in [-0.2, -0.15) is 0 Å². The molecule has 5 nitrogen and oxygen atoms in total. The van der Waals surface area contributed by atoms with Crippen LogP contribution in [-0.4, -0.2) is 40.0 Å². The molecule has 4 aromatic rings. The molecule has 0 saturated carbocycles. The number of rotatable bonds is 6. The Morgan fingerprint density at radius 1 is 1.03 bits per heavy atom. The molecule has 0 bridgehead atoms. The van der Waals surface area contributed by atoms with E-state index in [2.05, 4.69) is 47.4 Å². The zero-order valence-electron chi connectivity index (χ0n) is 19.4. The summed E-state index contributed by atoms with van der Waals surface area (Å²) in [6.07, 6.45) is 4.08. The molecule has 34 heavy (non-hydrogen) atoms. The lowest BCUT2D eigenvalue weighted by atomic mass is 9.98. The Balaban J connectivity index is 1.50. The molecular formula is C27H28ClN5S. The lowest BCUT2D eigenvalue weighted by molar-refractivity contribution is 0.255. The average molecular weight is 490 g/mol. The minimum absolute atomic E-state index is 0.0973. The average Bonchev–Trinajstić information content (AvgIpc) is 3.31. The maximum absolute atomic E-state index is 6.34. The molecule has 0 aliphatic carbocycles. The number of hydrogen-bond acceptors (Lipinski definition) is 6. The van der Waals surface area contributed by atoms with Gasteiger partial charge in [0, 0.05) is 22.7 Å². The maximum Gasteiger partial charge on any atom is 0.223 e. The molecule has 1 fully saturated rings. The van der Waals surface area contributed by atoms with Crippen molar-refractivity contribution in [3.05, 3.63) is 82.5 Å². The SMILES string of the molecule is C[C@H](Nc1nccc(-c2sc(C3CCN(C)CC3)nc2-c2cccc(Cl)c2)n1)c1ccccc1. The maximum atomic E-state index is 6.34. The molecule has 1 N–H and O–H groups in total. The van der Waals surface area contributed by atoms with Gasteiger partial charge in [-0.3, -0.25) is 0 Å². The molecule has 7 heteroatoms. The van der Waals surface area contributed by atoms with Gasteiger partial charge in [0.05, 0.1) is 27.3 Å². The van der Waals surface area contributed by atoms with Crippen molar-refractivity contribution in [1.29, 1.82) is 0 Å². The van der Waals surface area contributed by atoms with Crippen molar-refractivity contribution >= 4 is 28.9 Å². The van der Waals surface area contributed by atoms with Crippen LogP contribution in [0.15, 0.2) is 66.9 Å². The van der Waals surface area contributed by atoms with E-state index >= 15 is 0 Å². The van der Waals surface area contributed by atoms with Crippen molar-refractivity contribution in [2.75, 3.05) is 25.5 Å². The van der Waals surface area contributed by atoms with E-state index in [9.17, 15) is 0 Å². The normalized spacial score (nSPS) is 15.9. The predicted octanol–water partition coefficient (Wildman–Crippen LogP) is 6.90. The first-order valence-electron chi connectivity index (χ1n) is 11.7. The standard InChI is InChI=1S/C27H28ClN5S/c1-18(19-7-4-3-5-8-19)30-27-29-14-11-23(31-27)25-24(21-9-6-10-22(28)17-21)32-26(34-25)20-12-15-33(2)16-13-20/h3-11,14,17-18,20H,12-13,15-16H2,1-2H3,(H,29,30,31)/t18-/m0/s1. The molecule has 0 amide bonds. The van der Waals surface area contributed by atoms with Crippen LogP contribution in [0, 0.1) is 0 Å². The lowest BCUT2D eigenvalue weighted by Gasteiger charge is -2.27. The van der Waals surface area contributed by atoms with Crippen LogP contribution >= 0.6 is 22.9 Å². The van der Waals surface area contributed by atoms with Gasteiger partial charge < -0.3 is 10.2 Å². The van der Waals surface area contributed by atoms with Gasteiger partial charge in [0.25, 0.3) is 0 Å². The molecule has 0 spiro atoms. The van der Waals surface area contributed by atoms with Crippen LogP contribution in [0.5, 0.6) is 0 Å². The van der Waals surface area contributed by atoms with Gasteiger partial charge in [-0.1, -0.05) is 54.1 Å². The van der Waals surface area contributed by atoms with Crippen molar-refractivity contribution in [1.82, 2.24) is 19.9 Å². The van der Waals surface area contributed by atoms with Crippen LogP contribution < -0.4 is 5.32 Å². The molecule has 0 radical (unpaired) electrons. The largest absolute Gasteiger partial charge is 0.348 e. The van der Waals surface area contributed by atoms with Gasteiger partial charge in [-0.05, 0) is 63.7 Å². The van der Waals surface area contributed by atoms with Crippen molar-refractivity contribution < 1.29 is 0 Å². The summed E-state index contributed by atoms with van der Waals surface area (Å²) in [6.45, 7) is 4.32. The van der Waals surface area contributed by atoms with Crippen LogP contribution in [0.4, 0.5) is 5.95 Å². The Bertz CT molecular complexity index is 1250. The highest BCUT2D eigenvalue weighted by atomic mass is 35.5. The summed E-state index contributed by atoms with van der Waals surface area (Å²) in [4.78, 5) is 18.0. The Hall–Kier alpha value is -2.80. The number of likely N-dealkylation sites (tertiary alicyclic amines) is 1. The van der Waals surface area contributed by atoms with E-state index in [4.69, 9.17) is 21.6 Å². The van der Waals surface area contributed by atoms with Crippen molar-refractivity contribution in [3.8, 4) is 21.8 Å². The molecule has 2 aromatic heterocycles. The zero-order chi connectivity index (χ0) is 23.5. The number of piperidine rings is 1.